The summed E-state index contributed by atoms with van der Waals surface area (Å²) in [5.74, 6) is 0. The highest BCUT2D eigenvalue weighted by molar-refractivity contribution is 7.80. The molecule has 5 nitrogen and oxygen atoms in total. The molecule has 0 aliphatic carbocycles. The quantitative estimate of drug-likeness (QED) is 0.158. The van der Waals surface area contributed by atoms with Gasteiger partial charge in [0.1, 0.15) is 0 Å². The topological polar surface area (TPSA) is 84.1 Å². The van der Waals surface area contributed by atoms with E-state index < -0.39 is 0 Å². The lowest BCUT2D eigenvalue weighted by molar-refractivity contribution is 0.319. The normalized spacial score (nSPS) is 10.1. The molecule has 42 heavy (non-hydrogen) atoms. The molecule has 2 heterocycles. The number of thiol groups is 1. The van der Waals surface area contributed by atoms with Gasteiger partial charge in [-0.2, -0.15) is 0 Å². The van der Waals surface area contributed by atoms with E-state index in [0.717, 1.165) is 44.4 Å². The molecule has 4 aromatic rings. The maximum absolute atomic E-state index is 7.00. The first kappa shape index (κ1) is 44.7. The second-order valence-electron chi connectivity index (χ2n) is 10.4. The Bertz CT molecular complexity index is 1130. The fourth-order valence-corrected chi connectivity index (χ4v) is 4.96. The molecule has 0 saturated heterocycles. The maximum Gasteiger partial charge on any atom is 0.190 e. The van der Waals surface area contributed by atoms with Crippen molar-refractivity contribution in [1.29, 1.82) is 0 Å². The summed E-state index contributed by atoms with van der Waals surface area (Å²) >= 11 is 7.61. The number of aromatic nitrogens is 2. The van der Waals surface area contributed by atoms with E-state index in [1.807, 2.05) is 59.7 Å². The average Bonchev–Trinajstić information content (AvgIpc) is 3.54. The fourth-order valence-electron chi connectivity index (χ4n) is 3.01. The van der Waals surface area contributed by atoms with Crippen molar-refractivity contribution in [3.8, 4) is 0 Å². The van der Waals surface area contributed by atoms with Crippen LogP contribution in [0, 0.1) is 12.3 Å². The van der Waals surface area contributed by atoms with Crippen LogP contribution in [-0.2, 0) is 0 Å². The van der Waals surface area contributed by atoms with Crippen molar-refractivity contribution in [3.63, 3.8) is 0 Å². The number of benzene rings is 2. The summed E-state index contributed by atoms with van der Waals surface area (Å²) in [7, 11) is 1.00. The van der Waals surface area contributed by atoms with Crippen LogP contribution in [0.5, 0.6) is 0 Å². The van der Waals surface area contributed by atoms with Crippen LogP contribution in [0.15, 0.2) is 41.3 Å². The van der Waals surface area contributed by atoms with Gasteiger partial charge in [0.05, 0.1) is 20.4 Å². The summed E-state index contributed by atoms with van der Waals surface area (Å²) in [6, 6.07) is 12.3. The Labute approximate surface area is 272 Å². The highest BCUT2D eigenvalue weighted by atomic mass is 32.1. The van der Waals surface area contributed by atoms with Gasteiger partial charge < -0.3 is 16.2 Å². The van der Waals surface area contributed by atoms with E-state index in [0.29, 0.717) is 5.41 Å². The van der Waals surface area contributed by atoms with Crippen molar-refractivity contribution in [2.75, 3.05) is 12.4 Å². The van der Waals surface area contributed by atoms with E-state index in [1.54, 1.807) is 22.7 Å². The molecule has 0 unspecified atom stereocenters. The molecular weight excluding hydrogens is 577 g/mol. The van der Waals surface area contributed by atoms with E-state index in [-0.39, 0.29) is 13.0 Å². The molecular formula is C34H62N4OS3. The maximum atomic E-state index is 7.00. The number of nitrogens with two attached hydrogens (primary N) is 1. The number of nitrogens with one attached hydrogen (secondary N) is 1. The van der Waals surface area contributed by atoms with Crippen molar-refractivity contribution < 1.29 is 5.11 Å². The summed E-state index contributed by atoms with van der Waals surface area (Å²) in [5, 5.41) is 12.0. The number of aliphatic hydroxyl groups is 1. The molecule has 0 saturated carbocycles. The molecule has 0 aliphatic rings. The molecule has 0 aliphatic heterocycles. The van der Waals surface area contributed by atoms with E-state index in [1.165, 1.54) is 29.5 Å². The highest BCUT2D eigenvalue weighted by Crippen LogP contribution is 2.33. The standard InChI is InChI=1S/C15H11N3S3.C8H18.C5H13N.2C2H6.CH4O.CH4/c1-8-2-4-12-10(6-8)16-14(20-12)18-15-17-11-7-9(19)3-5-13(11)21-15;1-5-7-8(3,4)6-2;1-4-5(2,3)6;3*1-2;/h2-7,19H,1H3,(H,16,17,18);5-7H2,1-4H3;4,6H2,1-3H3;2*1-2H3;2H,1H3;1H4. The molecule has 4 rings (SSSR count). The summed E-state index contributed by atoms with van der Waals surface area (Å²) < 4.78 is 2.33. The van der Waals surface area contributed by atoms with Crippen LogP contribution >= 0.6 is 35.3 Å². The summed E-state index contributed by atoms with van der Waals surface area (Å²) in [6.45, 7) is 25.4. The lowest BCUT2D eigenvalue weighted by Crippen LogP contribution is -2.30. The average molecular weight is 639 g/mol. The molecule has 8 heteroatoms. The molecule has 2 aromatic heterocycles. The number of aliphatic hydroxyl groups excluding tert-OH is 1. The number of rotatable bonds is 6. The molecule has 0 amide bonds. The van der Waals surface area contributed by atoms with Crippen molar-refractivity contribution in [1.82, 2.24) is 9.97 Å². The number of nitrogens with zero attached hydrogens (tertiary/aromatic N) is 2. The molecule has 0 bridgehead atoms. The lowest BCUT2D eigenvalue weighted by atomic mass is 9.86. The Hall–Kier alpha value is -1.71. The molecule has 4 N–H and O–H groups in total. The first-order chi connectivity index (χ1) is 19.4. The SMILES string of the molecule is C.CC.CC.CCC(C)(C)N.CCCC(C)(C)CC.CO.Cc1ccc2sc(Nc3nc4cc(S)ccc4s3)nc2c1. The zero-order chi connectivity index (χ0) is 32.2. The van der Waals surface area contributed by atoms with Gasteiger partial charge in [0.2, 0.25) is 0 Å². The number of fused-ring (bicyclic) bond motifs is 2. The van der Waals surface area contributed by atoms with Crippen LogP contribution in [0.4, 0.5) is 10.3 Å². The third-order valence-electron chi connectivity index (χ3n) is 5.92. The lowest BCUT2D eigenvalue weighted by Gasteiger charge is -2.20. The Morgan fingerprint density at radius 3 is 1.62 bits per heavy atom. The van der Waals surface area contributed by atoms with E-state index in [2.05, 4.69) is 87.7 Å². The molecule has 0 fully saturated rings. The predicted octanol–water partition coefficient (Wildman–Crippen LogP) is 11.9. The third-order valence-corrected chi connectivity index (χ3v) is 8.11. The Balaban J connectivity index is -0.000000609. The predicted molar refractivity (Wildman–Crippen MR) is 200 cm³/mol. The van der Waals surface area contributed by atoms with Crippen LogP contribution < -0.4 is 11.1 Å². The van der Waals surface area contributed by atoms with Crippen LogP contribution in [0.25, 0.3) is 20.4 Å². The molecule has 0 spiro atoms. The third kappa shape index (κ3) is 18.1. The second-order valence-corrected chi connectivity index (χ2v) is 13.0. The minimum absolute atomic E-state index is 0. The van der Waals surface area contributed by atoms with Gasteiger partial charge in [-0.15, -0.1) is 12.6 Å². The largest absolute Gasteiger partial charge is 0.400 e. The van der Waals surface area contributed by atoms with E-state index >= 15 is 0 Å². The van der Waals surface area contributed by atoms with Gasteiger partial charge in [-0.1, -0.05) is 111 Å². The smallest absolute Gasteiger partial charge is 0.190 e. The van der Waals surface area contributed by atoms with Gasteiger partial charge in [0, 0.05) is 17.5 Å². The van der Waals surface area contributed by atoms with Crippen molar-refractivity contribution in [3.05, 3.63) is 42.0 Å². The van der Waals surface area contributed by atoms with Crippen molar-refractivity contribution in [2.24, 2.45) is 11.1 Å². The summed E-state index contributed by atoms with van der Waals surface area (Å²) in [5.41, 5.74) is 9.38. The molecule has 0 atom stereocenters. The highest BCUT2D eigenvalue weighted by Gasteiger charge is 2.12. The molecule has 242 valence electrons. The van der Waals surface area contributed by atoms with Gasteiger partial charge in [0.25, 0.3) is 0 Å². The zero-order valence-electron chi connectivity index (χ0n) is 28.0. The first-order valence-corrected chi connectivity index (χ1v) is 16.9. The van der Waals surface area contributed by atoms with Gasteiger partial charge in [-0.05, 0) is 74.9 Å². The monoisotopic (exact) mass is 638 g/mol. The molecule has 2 aromatic carbocycles. The van der Waals surface area contributed by atoms with Crippen molar-refractivity contribution in [2.45, 2.75) is 127 Å². The zero-order valence-corrected chi connectivity index (χ0v) is 30.5. The van der Waals surface area contributed by atoms with Crippen LogP contribution in [0.1, 0.15) is 115 Å². The Morgan fingerprint density at radius 2 is 1.24 bits per heavy atom. The van der Waals surface area contributed by atoms with Crippen LogP contribution in [0.2, 0.25) is 0 Å². The number of aryl methyl sites for hydroxylation is 1. The van der Waals surface area contributed by atoms with Crippen LogP contribution in [-0.4, -0.2) is 27.7 Å². The second kappa shape index (κ2) is 23.7. The van der Waals surface area contributed by atoms with Gasteiger partial charge >= 0.3 is 0 Å². The number of anilines is 2. The first-order valence-electron chi connectivity index (χ1n) is 14.8. The number of hydrogen-bond donors (Lipinski definition) is 4. The fraction of sp³-hybridized carbons (Fsp3) is 0.588. The van der Waals surface area contributed by atoms with Gasteiger partial charge in [-0.25, -0.2) is 9.97 Å². The Morgan fingerprint density at radius 1 is 0.810 bits per heavy atom. The minimum atomic E-state index is 0. The summed E-state index contributed by atoms with van der Waals surface area (Å²) in [4.78, 5) is 10.1. The van der Waals surface area contributed by atoms with Gasteiger partial charge in [0.15, 0.2) is 10.3 Å². The molecule has 0 radical (unpaired) electrons. The van der Waals surface area contributed by atoms with E-state index in [4.69, 9.17) is 10.8 Å². The minimum Gasteiger partial charge on any atom is -0.400 e. The van der Waals surface area contributed by atoms with Crippen molar-refractivity contribution >= 4 is 66.0 Å². The summed E-state index contributed by atoms with van der Waals surface area (Å²) in [6.07, 6.45) is 5.04. The van der Waals surface area contributed by atoms with E-state index in [9.17, 15) is 0 Å². The van der Waals surface area contributed by atoms with Gasteiger partial charge in [-0.3, -0.25) is 0 Å². The van der Waals surface area contributed by atoms with Crippen LogP contribution in [0.3, 0.4) is 0 Å². The number of thiazole rings is 2. The Kier molecular flexibility index (Phi) is 25.3. The number of hydrogen-bond acceptors (Lipinski definition) is 8.